The van der Waals surface area contributed by atoms with Gasteiger partial charge < -0.3 is 4.90 Å². The van der Waals surface area contributed by atoms with Crippen LogP contribution in [0.25, 0.3) is 56.2 Å². The van der Waals surface area contributed by atoms with E-state index in [0.717, 1.165) is 22.6 Å². The minimum Gasteiger partial charge on any atom is -0.311 e. The number of anilines is 3. The highest BCUT2D eigenvalue weighted by Gasteiger charge is 2.53. The summed E-state index contributed by atoms with van der Waals surface area (Å²) in [6.07, 6.45) is 2.43. The Bertz CT molecular complexity index is 3630. The zero-order valence-electron chi connectivity index (χ0n) is 38.9. The summed E-state index contributed by atoms with van der Waals surface area (Å²) in [7, 11) is 0. The molecule has 71 heavy (non-hydrogen) atoms. The molecule has 11 aromatic rings. The summed E-state index contributed by atoms with van der Waals surface area (Å²) in [5.74, 6) is 0. The average Bonchev–Trinajstić information content (AvgIpc) is 4.13. The molecule has 11 aromatic carbocycles. The molecule has 4 aliphatic carbocycles. The zero-order valence-corrected chi connectivity index (χ0v) is 38.9. The molecule has 0 bridgehead atoms. The van der Waals surface area contributed by atoms with E-state index in [4.69, 9.17) is 0 Å². The van der Waals surface area contributed by atoms with Gasteiger partial charge in [-0.2, -0.15) is 0 Å². The number of benzene rings is 11. The van der Waals surface area contributed by atoms with Gasteiger partial charge in [-0.1, -0.05) is 218 Å². The molecule has 0 radical (unpaired) electrons. The number of hydrogen-bond acceptors (Lipinski definition) is 1. The van der Waals surface area contributed by atoms with Gasteiger partial charge in [-0.25, -0.2) is 0 Å². The SMILES string of the molecule is C(=C(c1ccc2c(c1)C1(c3ccccc3-c3ccccc31)c1ccccc1-2)c1ccc2c(c1)C1(c3ccccc3-c3ccccc31)c1ccccc1-2)c1ccc(N(c2ccccc2)c2ccccc2)cc1. The Labute approximate surface area is 415 Å². The third-order valence-electron chi connectivity index (χ3n) is 16.1. The molecule has 2 spiro atoms. The van der Waals surface area contributed by atoms with Crippen molar-refractivity contribution >= 4 is 28.7 Å². The number of rotatable bonds is 6. The molecule has 330 valence electrons. The lowest BCUT2D eigenvalue weighted by Crippen LogP contribution is -2.26. The molecular formula is C70H45N. The van der Waals surface area contributed by atoms with Crippen LogP contribution in [0.15, 0.2) is 267 Å². The molecule has 4 aliphatic rings. The van der Waals surface area contributed by atoms with Crippen molar-refractivity contribution in [2.45, 2.75) is 10.8 Å². The summed E-state index contributed by atoms with van der Waals surface area (Å²) in [5.41, 5.74) is 28.3. The molecule has 1 heteroatoms. The number of hydrogen-bond donors (Lipinski definition) is 0. The fourth-order valence-electron chi connectivity index (χ4n) is 13.3. The van der Waals surface area contributed by atoms with Gasteiger partial charge in [0.2, 0.25) is 0 Å². The van der Waals surface area contributed by atoms with Gasteiger partial charge in [0.05, 0.1) is 10.8 Å². The normalized spacial score (nSPS) is 13.9. The first kappa shape index (κ1) is 39.9. The van der Waals surface area contributed by atoms with E-state index in [1.165, 1.54) is 106 Å². The standard InChI is InChI=1S/C70H45N/c1-3-19-49(20-4-1)71(50-21-5-2-6-22-50)51-39-35-46(36-40-51)43-60(47-37-41-58-56-27-11-17-33-65(56)69(67(58)44-47)61-29-13-7-23-52(61)53-24-8-14-30-62(53)69)48-38-42-59-57-28-12-18-34-66(57)70(68(59)45-48)63-31-15-9-25-54(63)55-26-10-16-32-64(55)70/h1-45H. The summed E-state index contributed by atoms with van der Waals surface area (Å²) >= 11 is 0. The van der Waals surface area contributed by atoms with E-state index in [1.54, 1.807) is 0 Å². The highest BCUT2D eigenvalue weighted by Crippen LogP contribution is 2.65. The fourth-order valence-corrected chi connectivity index (χ4v) is 13.3. The molecule has 0 amide bonds. The van der Waals surface area contributed by atoms with Gasteiger partial charge in [0.1, 0.15) is 0 Å². The van der Waals surface area contributed by atoms with Crippen LogP contribution in [0.4, 0.5) is 17.1 Å². The van der Waals surface area contributed by atoms with Crippen molar-refractivity contribution in [3.63, 3.8) is 0 Å². The van der Waals surface area contributed by atoms with Crippen LogP contribution in [0.2, 0.25) is 0 Å². The summed E-state index contributed by atoms with van der Waals surface area (Å²) in [6, 6.07) is 99.7. The average molecular weight is 900 g/mol. The second kappa shape index (κ2) is 15.2. The molecule has 1 nitrogen and oxygen atoms in total. The van der Waals surface area contributed by atoms with E-state index < -0.39 is 10.8 Å². The van der Waals surface area contributed by atoms with Gasteiger partial charge in [0, 0.05) is 17.1 Å². The lowest BCUT2D eigenvalue weighted by Gasteiger charge is -2.31. The highest BCUT2D eigenvalue weighted by molar-refractivity contribution is 6.01. The first-order valence-electron chi connectivity index (χ1n) is 24.8. The fraction of sp³-hybridized carbons (Fsp3) is 0.0286. The second-order valence-corrected chi connectivity index (χ2v) is 19.5. The second-order valence-electron chi connectivity index (χ2n) is 19.5. The van der Waals surface area contributed by atoms with Gasteiger partial charge >= 0.3 is 0 Å². The van der Waals surface area contributed by atoms with Crippen molar-refractivity contribution in [3.05, 3.63) is 328 Å². The van der Waals surface area contributed by atoms with Crippen molar-refractivity contribution < 1.29 is 0 Å². The topological polar surface area (TPSA) is 3.24 Å². The van der Waals surface area contributed by atoms with Crippen LogP contribution < -0.4 is 4.90 Å². The van der Waals surface area contributed by atoms with Crippen molar-refractivity contribution in [1.82, 2.24) is 0 Å². The maximum Gasteiger partial charge on any atom is 0.0725 e. The molecule has 0 N–H and O–H groups in total. The van der Waals surface area contributed by atoms with Crippen LogP contribution >= 0.6 is 0 Å². The third-order valence-corrected chi connectivity index (χ3v) is 16.1. The van der Waals surface area contributed by atoms with Crippen molar-refractivity contribution in [2.24, 2.45) is 0 Å². The van der Waals surface area contributed by atoms with Gasteiger partial charge in [-0.15, -0.1) is 0 Å². The monoisotopic (exact) mass is 899 g/mol. The van der Waals surface area contributed by atoms with Gasteiger partial charge in [0.15, 0.2) is 0 Å². The molecule has 0 unspecified atom stereocenters. The lowest BCUT2D eigenvalue weighted by molar-refractivity contribution is 0.792. The van der Waals surface area contributed by atoms with E-state index in [1.807, 2.05) is 0 Å². The highest BCUT2D eigenvalue weighted by atomic mass is 15.1. The zero-order chi connectivity index (χ0) is 46.7. The molecule has 0 aromatic heterocycles. The molecule has 0 aliphatic heterocycles. The summed E-state index contributed by atoms with van der Waals surface area (Å²) in [5, 5.41) is 0. The minimum absolute atomic E-state index is 0.457. The maximum atomic E-state index is 2.54. The van der Waals surface area contributed by atoms with Gasteiger partial charge in [-0.3, -0.25) is 0 Å². The Morgan fingerprint density at radius 1 is 0.254 bits per heavy atom. The Balaban J connectivity index is 0.971. The van der Waals surface area contributed by atoms with Crippen molar-refractivity contribution in [1.29, 1.82) is 0 Å². The molecule has 0 saturated heterocycles. The smallest absolute Gasteiger partial charge is 0.0725 e. The lowest BCUT2D eigenvalue weighted by atomic mass is 9.69. The van der Waals surface area contributed by atoms with Crippen LogP contribution in [0.5, 0.6) is 0 Å². The molecule has 0 atom stereocenters. The quantitative estimate of drug-likeness (QED) is 0.150. The number of fused-ring (bicyclic) bond motifs is 20. The van der Waals surface area contributed by atoms with Crippen molar-refractivity contribution in [2.75, 3.05) is 4.90 Å². The van der Waals surface area contributed by atoms with Crippen LogP contribution in [0.3, 0.4) is 0 Å². The predicted octanol–water partition coefficient (Wildman–Crippen LogP) is 17.4. The Morgan fingerprint density at radius 3 is 0.873 bits per heavy atom. The van der Waals surface area contributed by atoms with Crippen molar-refractivity contribution in [3.8, 4) is 44.5 Å². The Hall–Kier alpha value is -9.04. The molecule has 0 fully saturated rings. The van der Waals surface area contributed by atoms with Crippen LogP contribution in [0.1, 0.15) is 61.2 Å². The maximum absolute atomic E-state index is 2.54. The number of nitrogens with zero attached hydrogens (tertiary/aromatic N) is 1. The largest absolute Gasteiger partial charge is 0.311 e. The van der Waals surface area contributed by atoms with E-state index >= 15 is 0 Å². The molecular weight excluding hydrogens is 855 g/mol. The minimum atomic E-state index is -0.457. The van der Waals surface area contributed by atoms with Crippen LogP contribution in [-0.2, 0) is 10.8 Å². The Kier molecular flexibility index (Phi) is 8.56. The summed E-state index contributed by atoms with van der Waals surface area (Å²) in [4.78, 5) is 2.33. The van der Waals surface area contributed by atoms with E-state index in [-0.39, 0.29) is 0 Å². The van der Waals surface area contributed by atoms with E-state index in [0.29, 0.717) is 0 Å². The van der Waals surface area contributed by atoms with E-state index in [2.05, 4.69) is 278 Å². The first-order chi connectivity index (χ1) is 35.2. The van der Waals surface area contributed by atoms with E-state index in [9.17, 15) is 0 Å². The summed E-state index contributed by atoms with van der Waals surface area (Å²) < 4.78 is 0. The van der Waals surface area contributed by atoms with Crippen LogP contribution in [-0.4, -0.2) is 0 Å². The predicted molar refractivity (Wildman–Crippen MR) is 294 cm³/mol. The third kappa shape index (κ3) is 5.46. The van der Waals surface area contributed by atoms with Gasteiger partial charge in [0.25, 0.3) is 0 Å². The first-order valence-corrected chi connectivity index (χ1v) is 24.8. The van der Waals surface area contributed by atoms with Crippen LogP contribution in [0, 0.1) is 0 Å². The Morgan fingerprint density at radius 2 is 0.535 bits per heavy atom. The van der Waals surface area contributed by atoms with Gasteiger partial charge in [-0.05, 0) is 166 Å². The summed E-state index contributed by atoms with van der Waals surface area (Å²) in [6.45, 7) is 0. The molecule has 0 heterocycles. The molecule has 15 rings (SSSR count). The number of para-hydroxylation sites is 2. The molecule has 0 saturated carbocycles.